The molecule has 82 valence electrons. The van der Waals surface area contributed by atoms with Crippen LogP contribution >= 0.6 is 0 Å². The number of nitrogens with one attached hydrogen (secondary N) is 1. The fourth-order valence-electron chi connectivity index (χ4n) is 0.981. The number of amides is 1. The molecule has 5 nitrogen and oxygen atoms in total. The summed E-state index contributed by atoms with van der Waals surface area (Å²) in [5.74, 6) is -0.981. The zero-order valence-corrected chi connectivity index (χ0v) is 11.7. The molecule has 0 spiro atoms. The van der Waals surface area contributed by atoms with Crippen molar-refractivity contribution in [3.63, 3.8) is 0 Å². The molecule has 1 amide bonds. The van der Waals surface area contributed by atoms with E-state index in [2.05, 4.69) is 5.32 Å². The molecule has 0 aliphatic rings. The van der Waals surface area contributed by atoms with Gasteiger partial charge in [-0.2, -0.15) is 0 Å². The third kappa shape index (κ3) is 6.24. The van der Waals surface area contributed by atoms with E-state index >= 15 is 0 Å². The van der Waals surface area contributed by atoms with E-state index in [0.717, 1.165) is 0 Å². The Morgan fingerprint density at radius 1 is 1.25 bits per heavy atom. The van der Waals surface area contributed by atoms with Gasteiger partial charge in [0.25, 0.3) is 5.91 Å². The smallest absolute Gasteiger partial charge is 0.748 e. The van der Waals surface area contributed by atoms with Crippen LogP contribution in [0.5, 0.6) is 0 Å². The summed E-state index contributed by atoms with van der Waals surface area (Å²) in [5, 5.41) is 2.34. The maximum atomic E-state index is 11.3. The van der Waals surface area contributed by atoms with E-state index in [-0.39, 0.29) is 42.0 Å². The van der Waals surface area contributed by atoms with Crippen molar-refractivity contribution in [2.75, 3.05) is 12.3 Å². The van der Waals surface area contributed by atoms with Crippen molar-refractivity contribution < 1.29 is 47.3 Å². The maximum absolute atomic E-state index is 11.3. The molecule has 0 saturated carbocycles. The Bertz CT molecular complexity index is 432. The Morgan fingerprint density at radius 2 is 1.81 bits per heavy atom. The summed E-state index contributed by atoms with van der Waals surface area (Å²) in [4.78, 5) is 11.3. The predicted octanol–water partition coefficient (Wildman–Crippen LogP) is -3.03. The molecule has 1 aromatic rings. The Hall–Kier alpha value is -0.400. The summed E-state index contributed by atoms with van der Waals surface area (Å²) < 4.78 is 30.7. The summed E-state index contributed by atoms with van der Waals surface area (Å²) >= 11 is 0. The fourth-order valence-corrected chi connectivity index (χ4v) is 1.33. The summed E-state index contributed by atoms with van der Waals surface area (Å²) in [5.41, 5.74) is 0.431. The second kappa shape index (κ2) is 7.03. The van der Waals surface area contributed by atoms with Gasteiger partial charge in [-0.25, -0.2) is 8.42 Å². The third-order valence-electron chi connectivity index (χ3n) is 1.67. The monoisotopic (exact) mass is 251 g/mol. The average Bonchev–Trinajstić information content (AvgIpc) is 2.17. The van der Waals surface area contributed by atoms with Gasteiger partial charge < -0.3 is 9.87 Å². The number of hydrogen-bond acceptors (Lipinski definition) is 4. The summed E-state index contributed by atoms with van der Waals surface area (Å²) in [7, 11) is -4.27. The van der Waals surface area contributed by atoms with Gasteiger partial charge in [-0.05, 0) is 12.1 Å². The molecule has 16 heavy (non-hydrogen) atoms. The first kappa shape index (κ1) is 15.6. The average molecular weight is 251 g/mol. The Morgan fingerprint density at radius 3 is 2.31 bits per heavy atom. The first-order valence-electron chi connectivity index (χ1n) is 4.26. The number of rotatable bonds is 4. The molecule has 1 rings (SSSR count). The van der Waals surface area contributed by atoms with Crippen LogP contribution in [0.1, 0.15) is 10.4 Å². The molecule has 1 N–H and O–H groups in total. The molecule has 0 heterocycles. The van der Waals surface area contributed by atoms with Crippen molar-refractivity contribution in [3.05, 3.63) is 35.9 Å². The van der Waals surface area contributed by atoms with E-state index in [1.54, 1.807) is 30.3 Å². The molecule has 0 fully saturated rings. The summed E-state index contributed by atoms with van der Waals surface area (Å²) in [6, 6.07) is 8.35. The second-order valence-corrected chi connectivity index (χ2v) is 4.41. The molecule has 1 aromatic carbocycles. The zero-order chi connectivity index (χ0) is 11.3. The Balaban J connectivity index is 0.00000225. The van der Waals surface area contributed by atoms with Gasteiger partial charge in [-0.15, -0.1) is 0 Å². The van der Waals surface area contributed by atoms with Crippen LogP contribution < -0.4 is 34.9 Å². The molecule has 0 aliphatic carbocycles. The van der Waals surface area contributed by atoms with Gasteiger partial charge in [0.05, 0.1) is 15.9 Å². The molecule has 0 atom stereocenters. The molecule has 0 aliphatic heterocycles. The van der Waals surface area contributed by atoms with Gasteiger partial charge in [0, 0.05) is 12.1 Å². The minimum absolute atomic E-state index is 0. The van der Waals surface area contributed by atoms with Crippen molar-refractivity contribution in [1.82, 2.24) is 5.32 Å². The molecule has 0 bridgehead atoms. The summed E-state index contributed by atoms with van der Waals surface area (Å²) in [6.45, 7) is -0.167. The molecular weight excluding hydrogens is 241 g/mol. The molecule has 7 heteroatoms. The molecule has 0 saturated heterocycles. The van der Waals surface area contributed by atoms with Crippen LogP contribution in [-0.2, 0) is 10.1 Å². The van der Waals surface area contributed by atoms with Gasteiger partial charge in [-0.3, -0.25) is 4.79 Å². The van der Waals surface area contributed by atoms with E-state index in [4.69, 9.17) is 0 Å². The van der Waals surface area contributed by atoms with Crippen LogP contribution in [0, 0.1) is 0 Å². The van der Waals surface area contributed by atoms with Crippen LogP contribution in [0.25, 0.3) is 0 Å². The minimum atomic E-state index is -4.27. The van der Waals surface area contributed by atoms with Crippen LogP contribution in [0.3, 0.4) is 0 Å². The SMILES string of the molecule is O=C(NCCS(=O)(=O)[O-])c1ccccc1.[Na+]. The standard InChI is InChI=1S/C9H11NO4S.Na/c11-9(8-4-2-1-3-5-8)10-6-7-15(12,13)14;/h1-5H,6-7H2,(H,10,11)(H,12,13,14);/q;+1/p-1. The van der Waals surface area contributed by atoms with E-state index in [1.807, 2.05) is 0 Å². The second-order valence-electron chi connectivity index (χ2n) is 2.88. The maximum Gasteiger partial charge on any atom is 1.00 e. The van der Waals surface area contributed by atoms with Crippen molar-refractivity contribution >= 4 is 16.0 Å². The largest absolute Gasteiger partial charge is 1.00 e. The van der Waals surface area contributed by atoms with Crippen LogP contribution in [0.4, 0.5) is 0 Å². The van der Waals surface area contributed by atoms with Crippen LogP contribution in [-0.4, -0.2) is 31.2 Å². The quantitative estimate of drug-likeness (QED) is 0.455. The van der Waals surface area contributed by atoms with Crippen LogP contribution in [0.15, 0.2) is 30.3 Å². The first-order chi connectivity index (χ1) is 6.99. The first-order valence-corrected chi connectivity index (χ1v) is 5.83. The Kier molecular flexibility index (Phi) is 6.85. The number of benzene rings is 1. The van der Waals surface area contributed by atoms with E-state index in [1.165, 1.54) is 0 Å². The molecular formula is C9H10NNaO4S. The van der Waals surface area contributed by atoms with Gasteiger partial charge in [0.1, 0.15) is 0 Å². The van der Waals surface area contributed by atoms with Gasteiger partial charge in [0.15, 0.2) is 0 Å². The van der Waals surface area contributed by atoms with E-state index in [0.29, 0.717) is 5.56 Å². The Labute approximate surface area is 116 Å². The molecule has 0 radical (unpaired) electrons. The normalized spacial score (nSPS) is 10.3. The van der Waals surface area contributed by atoms with E-state index < -0.39 is 15.9 Å². The third-order valence-corrected chi connectivity index (χ3v) is 2.38. The molecule has 0 unspecified atom stereocenters. The van der Waals surface area contributed by atoms with Gasteiger partial charge in [0.2, 0.25) is 0 Å². The van der Waals surface area contributed by atoms with Gasteiger partial charge in [-0.1, -0.05) is 18.2 Å². The van der Waals surface area contributed by atoms with Crippen molar-refractivity contribution in [1.29, 1.82) is 0 Å². The zero-order valence-electron chi connectivity index (χ0n) is 8.84. The van der Waals surface area contributed by atoms with Crippen molar-refractivity contribution in [3.8, 4) is 0 Å². The fraction of sp³-hybridized carbons (Fsp3) is 0.222. The molecule has 0 aromatic heterocycles. The summed E-state index contributed by atoms with van der Waals surface area (Å²) in [6.07, 6.45) is 0. The number of carbonyl (C=O) groups is 1. The van der Waals surface area contributed by atoms with Crippen LogP contribution in [0.2, 0.25) is 0 Å². The minimum Gasteiger partial charge on any atom is -0.748 e. The van der Waals surface area contributed by atoms with E-state index in [9.17, 15) is 17.8 Å². The predicted molar refractivity (Wildman–Crippen MR) is 53.3 cm³/mol. The number of carbonyl (C=O) groups excluding carboxylic acids is 1. The van der Waals surface area contributed by atoms with Crippen molar-refractivity contribution in [2.45, 2.75) is 0 Å². The number of hydrogen-bond donors (Lipinski definition) is 1. The van der Waals surface area contributed by atoms with Gasteiger partial charge >= 0.3 is 29.6 Å². The van der Waals surface area contributed by atoms with Crippen molar-refractivity contribution in [2.24, 2.45) is 0 Å². The topological polar surface area (TPSA) is 86.3 Å².